The summed E-state index contributed by atoms with van der Waals surface area (Å²) in [6, 6.07) is 2.81. The van der Waals surface area contributed by atoms with Crippen molar-refractivity contribution in [1.29, 1.82) is 0 Å². The Bertz CT molecular complexity index is 537. The molecule has 0 spiro atoms. The molecular formula is C13H15ClF3NO4. The molecule has 0 heterocycles. The monoisotopic (exact) mass is 341 g/mol. The summed E-state index contributed by atoms with van der Waals surface area (Å²) in [7, 11) is 2.77. The molecule has 124 valence electrons. The Morgan fingerprint density at radius 2 is 1.86 bits per heavy atom. The van der Waals surface area contributed by atoms with Crippen molar-refractivity contribution in [1.82, 2.24) is 0 Å². The molecule has 1 N–H and O–H groups in total. The number of nitrogens with one attached hydrogen (secondary N) is 1. The Kier molecular flexibility index (Phi) is 6.31. The maximum Gasteiger partial charge on any atom is 0.411 e. The Balaban J connectivity index is 2.81. The Morgan fingerprint density at radius 1 is 1.27 bits per heavy atom. The summed E-state index contributed by atoms with van der Waals surface area (Å²) >= 11 is 5.93. The zero-order valence-electron chi connectivity index (χ0n) is 12.1. The topological polar surface area (TPSA) is 56.8 Å². The van der Waals surface area contributed by atoms with Crippen molar-refractivity contribution in [3.05, 3.63) is 17.2 Å². The van der Waals surface area contributed by atoms with Crippen molar-refractivity contribution in [3.8, 4) is 11.5 Å². The molecule has 1 amide bonds. The van der Waals surface area contributed by atoms with Gasteiger partial charge in [-0.25, -0.2) is 0 Å². The summed E-state index contributed by atoms with van der Waals surface area (Å²) in [5.41, 5.74) is 0.195. The van der Waals surface area contributed by atoms with Crippen LogP contribution in [-0.4, -0.2) is 39.0 Å². The lowest BCUT2D eigenvalue weighted by Gasteiger charge is -2.17. The van der Waals surface area contributed by atoms with Gasteiger partial charge in [0.15, 0.2) is 0 Å². The van der Waals surface area contributed by atoms with Gasteiger partial charge in [-0.1, -0.05) is 11.6 Å². The molecule has 0 saturated carbocycles. The second-order valence-electron chi connectivity index (χ2n) is 4.24. The summed E-state index contributed by atoms with van der Waals surface area (Å²) < 4.78 is 50.7. The maximum absolute atomic E-state index is 12.1. The molecule has 9 heteroatoms. The van der Waals surface area contributed by atoms with Crippen molar-refractivity contribution in [3.63, 3.8) is 0 Å². The maximum atomic E-state index is 12.1. The molecule has 0 aliphatic carbocycles. The highest BCUT2D eigenvalue weighted by molar-refractivity contribution is 6.32. The minimum absolute atomic E-state index is 0.195. The van der Waals surface area contributed by atoms with E-state index in [0.29, 0.717) is 5.75 Å². The smallest absolute Gasteiger partial charge is 0.411 e. The number of methoxy groups -OCH3 is 2. The number of alkyl halides is 3. The molecule has 0 radical (unpaired) electrons. The lowest BCUT2D eigenvalue weighted by atomic mass is 10.2. The first kappa shape index (κ1) is 18.4. The third-order valence-electron chi connectivity index (χ3n) is 2.60. The summed E-state index contributed by atoms with van der Waals surface area (Å²) in [5.74, 6) is -0.181. The van der Waals surface area contributed by atoms with Crippen LogP contribution in [0.25, 0.3) is 0 Å². The number of hydrogen-bond acceptors (Lipinski definition) is 4. The second kappa shape index (κ2) is 7.55. The van der Waals surface area contributed by atoms with Crippen LogP contribution >= 0.6 is 11.6 Å². The largest absolute Gasteiger partial charge is 0.495 e. The van der Waals surface area contributed by atoms with E-state index in [1.165, 1.54) is 33.3 Å². The minimum atomic E-state index is -4.50. The predicted octanol–water partition coefficient (Wildman–Crippen LogP) is 3.26. The van der Waals surface area contributed by atoms with Gasteiger partial charge in [-0.3, -0.25) is 4.79 Å². The quantitative estimate of drug-likeness (QED) is 0.863. The SMILES string of the molecule is COc1cc(OC)c(NC(=O)[C@H](C)OCC(F)(F)F)cc1Cl. The molecule has 1 aromatic carbocycles. The van der Waals surface area contributed by atoms with Crippen molar-refractivity contribution in [2.75, 3.05) is 26.1 Å². The fraction of sp³-hybridized carbons (Fsp3) is 0.462. The Morgan fingerprint density at radius 3 is 2.36 bits per heavy atom. The second-order valence-corrected chi connectivity index (χ2v) is 4.65. The highest BCUT2D eigenvalue weighted by Gasteiger charge is 2.30. The van der Waals surface area contributed by atoms with Crippen molar-refractivity contribution in [2.24, 2.45) is 0 Å². The van der Waals surface area contributed by atoms with Crippen molar-refractivity contribution in [2.45, 2.75) is 19.2 Å². The van der Waals surface area contributed by atoms with Gasteiger partial charge in [-0.2, -0.15) is 13.2 Å². The van der Waals surface area contributed by atoms with Gasteiger partial charge in [0.05, 0.1) is 24.9 Å². The summed E-state index contributed by atoms with van der Waals surface area (Å²) in [6.45, 7) is -0.305. The molecule has 5 nitrogen and oxygen atoms in total. The van der Waals surface area contributed by atoms with E-state index in [-0.39, 0.29) is 16.5 Å². The van der Waals surface area contributed by atoms with Gasteiger partial charge in [-0.15, -0.1) is 0 Å². The molecule has 0 aliphatic heterocycles. The number of benzene rings is 1. The van der Waals surface area contributed by atoms with Crippen LogP contribution in [0.15, 0.2) is 12.1 Å². The number of rotatable bonds is 6. The van der Waals surface area contributed by atoms with Crippen LogP contribution in [0.1, 0.15) is 6.92 Å². The number of hydrogen-bond donors (Lipinski definition) is 1. The lowest BCUT2D eigenvalue weighted by molar-refractivity contribution is -0.184. The van der Waals surface area contributed by atoms with E-state index in [2.05, 4.69) is 10.1 Å². The van der Waals surface area contributed by atoms with Crippen molar-refractivity contribution < 1.29 is 32.2 Å². The van der Waals surface area contributed by atoms with Gasteiger partial charge in [0.1, 0.15) is 24.2 Å². The summed E-state index contributed by atoms with van der Waals surface area (Å²) in [4.78, 5) is 11.8. The van der Waals surface area contributed by atoms with Crippen LogP contribution in [0.2, 0.25) is 5.02 Å². The molecule has 1 atom stereocenters. The van der Waals surface area contributed by atoms with Crippen LogP contribution < -0.4 is 14.8 Å². The molecule has 0 aromatic heterocycles. The van der Waals surface area contributed by atoms with E-state index in [1.807, 2.05) is 0 Å². The van der Waals surface area contributed by atoms with Gasteiger partial charge in [-0.05, 0) is 13.0 Å². The number of ether oxygens (including phenoxy) is 3. The van der Waals surface area contributed by atoms with E-state index in [9.17, 15) is 18.0 Å². The first-order valence-electron chi connectivity index (χ1n) is 6.08. The third-order valence-corrected chi connectivity index (χ3v) is 2.89. The van der Waals surface area contributed by atoms with E-state index in [1.54, 1.807) is 0 Å². The van der Waals surface area contributed by atoms with Crippen LogP contribution in [0.4, 0.5) is 18.9 Å². The van der Waals surface area contributed by atoms with Crippen LogP contribution in [0.5, 0.6) is 11.5 Å². The molecular weight excluding hydrogens is 327 g/mol. The van der Waals surface area contributed by atoms with Crippen LogP contribution in [0, 0.1) is 0 Å². The molecule has 0 fully saturated rings. The minimum Gasteiger partial charge on any atom is -0.495 e. The normalized spacial score (nSPS) is 12.7. The van der Waals surface area contributed by atoms with E-state index in [4.69, 9.17) is 21.1 Å². The highest BCUT2D eigenvalue weighted by Crippen LogP contribution is 2.36. The molecule has 0 unspecified atom stereocenters. The van der Waals surface area contributed by atoms with Gasteiger partial charge in [0.2, 0.25) is 0 Å². The molecule has 1 aromatic rings. The van der Waals surface area contributed by atoms with Crippen LogP contribution in [0.3, 0.4) is 0 Å². The van der Waals surface area contributed by atoms with Gasteiger partial charge in [0, 0.05) is 6.07 Å². The third kappa shape index (κ3) is 5.27. The van der Waals surface area contributed by atoms with Gasteiger partial charge in [0.25, 0.3) is 5.91 Å². The standard InChI is InChI=1S/C13H15ClF3NO4/c1-7(22-6-13(15,16)17)12(19)18-9-4-8(14)10(20-2)5-11(9)21-3/h4-5,7H,6H2,1-3H3,(H,18,19)/t7-/m0/s1. The average molecular weight is 342 g/mol. The number of carbonyl (C=O) groups excluding carboxylic acids is 1. The lowest BCUT2D eigenvalue weighted by Crippen LogP contribution is -2.31. The zero-order chi connectivity index (χ0) is 16.9. The zero-order valence-corrected chi connectivity index (χ0v) is 12.8. The fourth-order valence-electron chi connectivity index (χ4n) is 1.49. The molecule has 0 aliphatic rings. The number of anilines is 1. The summed E-state index contributed by atoms with van der Waals surface area (Å²) in [6.07, 6.45) is -5.80. The predicted molar refractivity (Wildman–Crippen MR) is 74.7 cm³/mol. The summed E-state index contributed by atoms with van der Waals surface area (Å²) in [5, 5.41) is 2.60. The number of amides is 1. The van der Waals surface area contributed by atoms with Crippen molar-refractivity contribution >= 4 is 23.2 Å². The fourth-order valence-corrected chi connectivity index (χ4v) is 1.73. The van der Waals surface area contributed by atoms with E-state index < -0.39 is 24.8 Å². The first-order valence-corrected chi connectivity index (χ1v) is 6.46. The first-order chi connectivity index (χ1) is 10.2. The number of halogens is 4. The molecule has 0 saturated heterocycles. The Hall–Kier alpha value is -1.67. The Labute approximate surface area is 130 Å². The van der Waals surface area contributed by atoms with Gasteiger partial charge < -0.3 is 19.5 Å². The van der Waals surface area contributed by atoms with E-state index in [0.717, 1.165) is 0 Å². The molecule has 1 rings (SSSR count). The van der Waals surface area contributed by atoms with Gasteiger partial charge >= 0.3 is 6.18 Å². The highest BCUT2D eigenvalue weighted by atomic mass is 35.5. The van der Waals surface area contributed by atoms with Crippen LogP contribution in [-0.2, 0) is 9.53 Å². The van der Waals surface area contributed by atoms with E-state index >= 15 is 0 Å². The molecule has 0 bridgehead atoms. The average Bonchev–Trinajstić information content (AvgIpc) is 2.44. The number of carbonyl (C=O) groups is 1. The molecule has 22 heavy (non-hydrogen) atoms.